The number of aliphatic carboxylic acids is 1. The van der Waals surface area contributed by atoms with E-state index in [9.17, 15) is 18.0 Å². The molecule has 0 aliphatic heterocycles. The van der Waals surface area contributed by atoms with Crippen LogP contribution in [0.4, 0.5) is 0 Å². The summed E-state index contributed by atoms with van der Waals surface area (Å²) in [5, 5.41) is 11.5. The molecular formula is C16H23NO5S. The van der Waals surface area contributed by atoms with Crippen LogP contribution in [0.2, 0.25) is 0 Å². The highest BCUT2D eigenvalue weighted by Crippen LogP contribution is 2.14. The summed E-state index contributed by atoms with van der Waals surface area (Å²) in [5.41, 5.74) is 0.228. The molecule has 128 valence electrons. The second-order valence-corrected chi connectivity index (χ2v) is 7.84. The first-order valence-corrected chi connectivity index (χ1v) is 9.20. The number of amides is 1. The van der Waals surface area contributed by atoms with Crippen LogP contribution in [0.15, 0.2) is 29.2 Å². The maximum absolute atomic E-state index is 12.1. The van der Waals surface area contributed by atoms with E-state index in [4.69, 9.17) is 5.11 Å². The number of rotatable bonds is 8. The number of hydrogen-bond donors (Lipinski definition) is 2. The van der Waals surface area contributed by atoms with Gasteiger partial charge in [0, 0.05) is 5.56 Å². The van der Waals surface area contributed by atoms with Crippen molar-refractivity contribution >= 4 is 21.7 Å². The molecule has 0 radical (unpaired) electrons. The fourth-order valence-electron chi connectivity index (χ4n) is 2.00. The lowest BCUT2D eigenvalue weighted by Crippen LogP contribution is -2.44. The van der Waals surface area contributed by atoms with Gasteiger partial charge in [-0.15, -0.1) is 0 Å². The van der Waals surface area contributed by atoms with Crippen LogP contribution in [0.25, 0.3) is 0 Å². The van der Waals surface area contributed by atoms with E-state index in [1.165, 1.54) is 24.3 Å². The predicted octanol–water partition coefficient (Wildman–Crippen LogP) is 2.10. The molecule has 0 aliphatic carbocycles. The number of benzene rings is 1. The molecular weight excluding hydrogens is 318 g/mol. The van der Waals surface area contributed by atoms with Crippen LogP contribution < -0.4 is 5.32 Å². The monoisotopic (exact) mass is 341 g/mol. The number of nitrogens with one attached hydrogen (secondary N) is 1. The van der Waals surface area contributed by atoms with Gasteiger partial charge in [-0.25, -0.2) is 13.2 Å². The van der Waals surface area contributed by atoms with Gasteiger partial charge in [-0.3, -0.25) is 4.79 Å². The van der Waals surface area contributed by atoms with Crippen LogP contribution in [0.5, 0.6) is 0 Å². The third-order valence-electron chi connectivity index (χ3n) is 3.46. The molecule has 0 heterocycles. The van der Waals surface area contributed by atoms with Gasteiger partial charge in [-0.2, -0.15) is 0 Å². The molecule has 1 aromatic carbocycles. The van der Waals surface area contributed by atoms with Crippen LogP contribution in [-0.4, -0.2) is 37.2 Å². The van der Waals surface area contributed by atoms with Crippen molar-refractivity contribution in [3.63, 3.8) is 0 Å². The predicted molar refractivity (Wildman–Crippen MR) is 87.1 cm³/mol. The van der Waals surface area contributed by atoms with Gasteiger partial charge in [-0.05, 0) is 36.6 Å². The van der Waals surface area contributed by atoms with Gasteiger partial charge in [0.1, 0.15) is 6.04 Å². The normalized spacial score (nSPS) is 12.9. The van der Waals surface area contributed by atoms with Crippen molar-refractivity contribution in [1.29, 1.82) is 0 Å². The van der Waals surface area contributed by atoms with Gasteiger partial charge >= 0.3 is 5.97 Å². The van der Waals surface area contributed by atoms with Crippen molar-refractivity contribution in [2.45, 2.75) is 44.6 Å². The summed E-state index contributed by atoms with van der Waals surface area (Å²) in [6.07, 6.45) is 1.37. The Morgan fingerprint density at radius 1 is 1.17 bits per heavy atom. The highest BCUT2D eigenvalue weighted by molar-refractivity contribution is 7.91. The molecule has 1 atom stereocenters. The highest BCUT2D eigenvalue weighted by atomic mass is 32.2. The Labute approximate surface area is 136 Å². The van der Waals surface area contributed by atoms with Crippen LogP contribution in [0.3, 0.4) is 0 Å². The lowest BCUT2D eigenvalue weighted by molar-refractivity contribution is -0.140. The topological polar surface area (TPSA) is 101 Å². The molecule has 0 aliphatic rings. The maximum atomic E-state index is 12.1. The van der Waals surface area contributed by atoms with Gasteiger partial charge in [0.25, 0.3) is 5.91 Å². The summed E-state index contributed by atoms with van der Waals surface area (Å²) >= 11 is 0. The Bertz CT molecular complexity index is 650. The van der Waals surface area contributed by atoms with Gasteiger partial charge in [0.15, 0.2) is 9.84 Å². The van der Waals surface area contributed by atoms with E-state index in [0.29, 0.717) is 6.42 Å². The molecule has 0 saturated carbocycles. The Hall–Kier alpha value is -1.89. The van der Waals surface area contributed by atoms with E-state index >= 15 is 0 Å². The van der Waals surface area contributed by atoms with E-state index in [1.807, 2.05) is 6.92 Å². The minimum Gasteiger partial charge on any atom is -0.480 e. The second-order valence-electron chi connectivity index (χ2n) is 5.73. The number of sulfone groups is 1. The SMILES string of the molecule is CCCCS(=O)(=O)c1ccc(C(=O)N[C@H](C(=O)O)C(C)C)cc1. The molecule has 2 N–H and O–H groups in total. The smallest absolute Gasteiger partial charge is 0.326 e. The van der Waals surface area contributed by atoms with E-state index in [1.54, 1.807) is 13.8 Å². The Balaban J connectivity index is 2.88. The summed E-state index contributed by atoms with van der Waals surface area (Å²) in [7, 11) is -3.34. The first-order chi connectivity index (χ1) is 10.7. The molecule has 0 unspecified atom stereocenters. The number of carbonyl (C=O) groups is 2. The Morgan fingerprint density at radius 3 is 2.17 bits per heavy atom. The van der Waals surface area contributed by atoms with Gasteiger partial charge in [0.05, 0.1) is 10.6 Å². The Kier molecular flexibility index (Phi) is 6.75. The van der Waals surface area contributed by atoms with Gasteiger partial charge in [0.2, 0.25) is 0 Å². The minimum absolute atomic E-state index is 0.0729. The van der Waals surface area contributed by atoms with Gasteiger partial charge < -0.3 is 10.4 Å². The van der Waals surface area contributed by atoms with Crippen LogP contribution in [-0.2, 0) is 14.6 Å². The molecule has 1 amide bonds. The molecule has 7 heteroatoms. The summed E-state index contributed by atoms with van der Waals surface area (Å²) in [6.45, 7) is 5.31. The van der Waals surface area contributed by atoms with E-state index < -0.39 is 27.8 Å². The third kappa shape index (κ3) is 5.35. The zero-order valence-electron chi connectivity index (χ0n) is 13.6. The van der Waals surface area contributed by atoms with Crippen molar-refractivity contribution in [2.24, 2.45) is 5.92 Å². The van der Waals surface area contributed by atoms with Gasteiger partial charge in [-0.1, -0.05) is 27.2 Å². The third-order valence-corrected chi connectivity index (χ3v) is 5.28. The van der Waals surface area contributed by atoms with Crippen molar-refractivity contribution in [3.05, 3.63) is 29.8 Å². The number of carboxylic acids is 1. The van der Waals surface area contributed by atoms with Crippen LogP contribution in [0.1, 0.15) is 44.0 Å². The number of hydrogen-bond acceptors (Lipinski definition) is 4. The van der Waals surface area contributed by atoms with Crippen molar-refractivity contribution < 1.29 is 23.1 Å². The van der Waals surface area contributed by atoms with E-state index in [2.05, 4.69) is 5.32 Å². The lowest BCUT2D eigenvalue weighted by Gasteiger charge is -2.17. The molecule has 1 aromatic rings. The molecule has 23 heavy (non-hydrogen) atoms. The van der Waals surface area contributed by atoms with E-state index in [0.717, 1.165) is 6.42 Å². The minimum atomic E-state index is -3.34. The maximum Gasteiger partial charge on any atom is 0.326 e. The molecule has 1 rings (SSSR count). The largest absolute Gasteiger partial charge is 0.480 e. The summed E-state index contributed by atoms with van der Waals surface area (Å²) in [4.78, 5) is 23.3. The highest BCUT2D eigenvalue weighted by Gasteiger charge is 2.24. The standard InChI is InChI=1S/C16H23NO5S/c1-4-5-10-23(21,22)13-8-6-12(7-9-13)15(18)17-14(11(2)3)16(19)20/h6-9,11,14H,4-5,10H2,1-3H3,(H,17,18)(H,19,20)/t14-/m0/s1. The lowest BCUT2D eigenvalue weighted by atomic mass is 10.0. The molecule has 0 saturated heterocycles. The fraction of sp³-hybridized carbons (Fsp3) is 0.500. The number of unbranched alkanes of at least 4 members (excludes halogenated alkanes) is 1. The molecule has 0 fully saturated rings. The average molecular weight is 341 g/mol. The summed E-state index contributed by atoms with van der Waals surface area (Å²) in [5.74, 6) is -1.83. The average Bonchev–Trinajstić information content (AvgIpc) is 2.49. The van der Waals surface area contributed by atoms with Crippen molar-refractivity contribution in [1.82, 2.24) is 5.32 Å². The zero-order valence-corrected chi connectivity index (χ0v) is 14.4. The van der Waals surface area contributed by atoms with Crippen LogP contribution >= 0.6 is 0 Å². The second kappa shape index (κ2) is 8.10. The van der Waals surface area contributed by atoms with Crippen LogP contribution in [0, 0.1) is 5.92 Å². The van der Waals surface area contributed by atoms with Crippen molar-refractivity contribution in [3.8, 4) is 0 Å². The van der Waals surface area contributed by atoms with E-state index in [-0.39, 0.29) is 22.1 Å². The first kappa shape index (κ1) is 19.2. The quantitative estimate of drug-likeness (QED) is 0.754. The number of carbonyl (C=O) groups excluding carboxylic acids is 1. The fourth-order valence-corrected chi connectivity index (χ4v) is 3.46. The number of carboxylic acid groups (broad SMARTS) is 1. The molecule has 6 nitrogen and oxygen atoms in total. The Morgan fingerprint density at radius 2 is 1.74 bits per heavy atom. The molecule has 0 bridgehead atoms. The summed E-state index contributed by atoms with van der Waals surface area (Å²) < 4.78 is 24.1. The molecule has 0 aromatic heterocycles. The summed E-state index contributed by atoms with van der Waals surface area (Å²) in [6, 6.07) is 4.56. The zero-order chi connectivity index (χ0) is 17.6. The first-order valence-electron chi connectivity index (χ1n) is 7.55. The molecule has 0 spiro atoms. The van der Waals surface area contributed by atoms with Crippen molar-refractivity contribution in [2.75, 3.05) is 5.75 Å².